The van der Waals surface area contributed by atoms with E-state index < -0.39 is 0 Å². The number of ether oxygens (including phenoxy) is 2. The van der Waals surface area contributed by atoms with Gasteiger partial charge in [0.25, 0.3) is 0 Å². The molecule has 0 saturated heterocycles. The first kappa shape index (κ1) is 13.5. The molecule has 1 aliphatic rings. The molecule has 3 rings (SSSR count). The highest BCUT2D eigenvalue weighted by molar-refractivity contribution is 7.99. The third-order valence-corrected chi connectivity index (χ3v) is 4.69. The third kappa shape index (κ3) is 2.81. The van der Waals surface area contributed by atoms with Gasteiger partial charge in [-0.25, -0.2) is 0 Å². The van der Waals surface area contributed by atoms with Crippen LogP contribution >= 0.6 is 23.4 Å². The molecule has 0 aromatic heterocycles. The van der Waals surface area contributed by atoms with E-state index in [-0.39, 0.29) is 6.10 Å². The number of nitrogen functional groups attached to an aromatic ring is 1. The largest absolute Gasteiger partial charge is 0.486 e. The molecule has 5 heteroatoms. The van der Waals surface area contributed by atoms with Gasteiger partial charge in [0.2, 0.25) is 0 Å². The molecule has 0 aliphatic carbocycles. The topological polar surface area (TPSA) is 44.5 Å². The van der Waals surface area contributed by atoms with Gasteiger partial charge in [0, 0.05) is 16.3 Å². The molecule has 1 unspecified atom stereocenters. The maximum atomic E-state index is 6.16. The monoisotopic (exact) mass is 307 g/mol. The number of fused-ring (bicyclic) bond motifs is 1. The van der Waals surface area contributed by atoms with Crippen LogP contribution in [0.3, 0.4) is 0 Å². The Hall–Kier alpha value is -1.52. The Balaban J connectivity index is 1.66. The van der Waals surface area contributed by atoms with Crippen LogP contribution in [0.2, 0.25) is 5.02 Å². The summed E-state index contributed by atoms with van der Waals surface area (Å²) in [5.74, 6) is 2.32. The Morgan fingerprint density at radius 1 is 1.15 bits per heavy atom. The Morgan fingerprint density at radius 2 is 1.95 bits per heavy atom. The lowest BCUT2D eigenvalue weighted by atomic mass is 10.3. The molecule has 1 aliphatic heterocycles. The van der Waals surface area contributed by atoms with Gasteiger partial charge in [-0.3, -0.25) is 0 Å². The van der Waals surface area contributed by atoms with Crippen molar-refractivity contribution in [3.05, 3.63) is 47.5 Å². The molecule has 1 atom stereocenters. The summed E-state index contributed by atoms with van der Waals surface area (Å²) < 4.78 is 11.6. The summed E-state index contributed by atoms with van der Waals surface area (Å²) in [6.45, 7) is 0.536. The first-order chi connectivity index (χ1) is 9.74. The number of hydrogen-bond donors (Lipinski definition) is 1. The van der Waals surface area contributed by atoms with Gasteiger partial charge in [-0.05, 0) is 24.3 Å². The average molecular weight is 308 g/mol. The molecule has 2 N–H and O–H groups in total. The van der Waals surface area contributed by atoms with Crippen LogP contribution in [-0.4, -0.2) is 18.5 Å². The fraction of sp³-hybridized carbons (Fsp3) is 0.200. The maximum absolute atomic E-state index is 6.16. The normalized spacial score (nSPS) is 16.9. The van der Waals surface area contributed by atoms with E-state index in [0.29, 0.717) is 17.3 Å². The van der Waals surface area contributed by atoms with Crippen LogP contribution in [-0.2, 0) is 0 Å². The summed E-state index contributed by atoms with van der Waals surface area (Å²) in [6.07, 6.45) is -0.00873. The van der Waals surface area contributed by atoms with Crippen molar-refractivity contribution in [3.8, 4) is 11.5 Å². The van der Waals surface area contributed by atoms with Crippen LogP contribution in [0.1, 0.15) is 0 Å². The lowest BCUT2D eigenvalue weighted by molar-refractivity contribution is 0.107. The smallest absolute Gasteiger partial charge is 0.161 e. The Kier molecular flexibility index (Phi) is 3.94. The first-order valence-corrected chi connectivity index (χ1v) is 7.65. The Labute approximate surface area is 127 Å². The lowest BCUT2D eigenvalue weighted by Crippen LogP contribution is -2.31. The number of hydrogen-bond acceptors (Lipinski definition) is 4. The zero-order chi connectivity index (χ0) is 13.9. The standard InChI is InChI=1S/C15H14ClNO2S/c16-11-4-3-5-12(17)15(11)20-9-10-8-18-13-6-1-2-7-14(13)19-10/h1-7,10H,8-9,17H2. The first-order valence-electron chi connectivity index (χ1n) is 6.29. The molecule has 2 aromatic rings. The summed E-state index contributed by atoms with van der Waals surface area (Å²) in [7, 11) is 0. The molecule has 0 amide bonds. The fourth-order valence-corrected chi connectivity index (χ4v) is 3.30. The van der Waals surface area contributed by atoms with Crippen molar-refractivity contribution in [2.45, 2.75) is 11.0 Å². The quantitative estimate of drug-likeness (QED) is 0.691. The van der Waals surface area contributed by atoms with E-state index in [1.165, 1.54) is 0 Å². The molecular formula is C15H14ClNO2S. The Bertz CT molecular complexity index is 600. The number of anilines is 1. The van der Waals surface area contributed by atoms with Crippen LogP contribution in [0.25, 0.3) is 0 Å². The van der Waals surface area contributed by atoms with E-state index in [9.17, 15) is 0 Å². The molecule has 0 bridgehead atoms. The molecule has 0 spiro atoms. The van der Waals surface area contributed by atoms with Gasteiger partial charge >= 0.3 is 0 Å². The van der Waals surface area contributed by atoms with Crippen molar-refractivity contribution in [3.63, 3.8) is 0 Å². The average Bonchev–Trinajstić information content (AvgIpc) is 2.46. The van der Waals surface area contributed by atoms with E-state index in [1.807, 2.05) is 42.5 Å². The molecule has 3 nitrogen and oxygen atoms in total. The summed E-state index contributed by atoms with van der Waals surface area (Å²) in [6, 6.07) is 13.2. The van der Waals surface area contributed by atoms with Crippen LogP contribution in [0, 0.1) is 0 Å². The lowest BCUT2D eigenvalue weighted by Gasteiger charge is -2.26. The highest BCUT2D eigenvalue weighted by atomic mass is 35.5. The van der Waals surface area contributed by atoms with Gasteiger partial charge in [0.1, 0.15) is 12.7 Å². The van der Waals surface area contributed by atoms with E-state index in [1.54, 1.807) is 11.8 Å². The van der Waals surface area contributed by atoms with E-state index in [0.717, 1.165) is 22.1 Å². The zero-order valence-electron chi connectivity index (χ0n) is 10.7. The van der Waals surface area contributed by atoms with Gasteiger partial charge in [0.15, 0.2) is 11.5 Å². The molecule has 0 fully saturated rings. The van der Waals surface area contributed by atoms with Crippen LogP contribution in [0.15, 0.2) is 47.4 Å². The second-order valence-corrected chi connectivity index (χ2v) is 5.90. The van der Waals surface area contributed by atoms with Crippen molar-refractivity contribution < 1.29 is 9.47 Å². The summed E-state index contributed by atoms with van der Waals surface area (Å²) >= 11 is 7.75. The Morgan fingerprint density at radius 3 is 2.75 bits per heavy atom. The second-order valence-electron chi connectivity index (χ2n) is 4.47. The van der Waals surface area contributed by atoms with Gasteiger partial charge in [-0.2, -0.15) is 0 Å². The number of thioether (sulfide) groups is 1. The minimum absolute atomic E-state index is 0.00873. The van der Waals surface area contributed by atoms with Gasteiger partial charge in [-0.1, -0.05) is 29.8 Å². The molecule has 1 heterocycles. The van der Waals surface area contributed by atoms with Crippen molar-refractivity contribution in [1.29, 1.82) is 0 Å². The summed E-state index contributed by atoms with van der Waals surface area (Å²) in [4.78, 5) is 0.900. The van der Waals surface area contributed by atoms with Crippen molar-refractivity contribution in [2.75, 3.05) is 18.1 Å². The van der Waals surface area contributed by atoms with Crippen molar-refractivity contribution in [1.82, 2.24) is 0 Å². The summed E-state index contributed by atoms with van der Waals surface area (Å²) in [5, 5.41) is 0.673. The predicted molar refractivity (Wildman–Crippen MR) is 82.9 cm³/mol. The SMILES string of the molecule is Nc1cccc(Cl)c1SCC1COc2ccccc2O1. The van der Waals surface area contributed by atoms with Gasteiger partial charge in [-0.15, -0.1) is 11.8 Å². The number of halogens is 1. The molecule has 0 saturated carbocycles. The van der Waals surface area contributed by atoms with E-state index in [2.05, 4.69) is 0 Å². The third-order valence-electron chi connectivity index (χ3n) is 2.98. The molecule has 20 heavy (non-hydrogen) atoms. The van der Waals surface area contributed by atoms with Gasteiger partial charge in [0.05, 0.1) is 5.02 Å². The number of para-hydroxylation sites is 2. The zero-order valence-corrected chi connectivity index (χ0v) is 12.3. The number of benzene rings is 2. The number of rotatable bonds is 3. The molecular weight excluding hydrogens is 294 g/mol. The second kappa shape index (κ2) is 5.85. The number of nitrogens with two attached hydrogens (primary N) is 1. The van der Waals surface area contributed by atoms with Crippen LogP contribution in [0.5, 0.6) is 11.5 Å². The molecule has 104 valence electrons. The van der Waals surface area contributed by atoms with E-state index in [4.69, 9.17) is 26.8 Å². The fourth-order valence-electron chi connectivity index (χ4n) is 2.00. The minimum atomic E-state index is -0.00873. The van der Waals surface area contributed by atoms with Gasteiger partial charge < -0.3 is 15.2 Å². The van der Waals surface area contributed by atoms with Crippen LogP contribution < -0.4 is 15.2 Å². The molecule has 0 radical (unpaired) electrons. The molecule has 2 aromatic carbocycles. The minimum Gasteiger partial charge on any atom is -0.486 e. The van der Waals surface area contributed by atoms with Crippen molar-refractivity contribution in [2.24, 2.45) is 0 Å². The van der Waals surface area contributed by atoms with Crippen LogP contribution in [0.4, 0.5) is 5.69 Å². The highest BCUT2D eigenvalue weighted by Gasteiger charge is 2.21. The summed E-state index contributed by atoms with van der Waals surface area (Å²) in [5.41, 5.74) is 6.63. The highest BCUT2D eigenvalue weighted by Crippen LogP contribution is 2.35. The predicted octanol–water partition coefficient (Wildman–Crippen LogP) is 3.85. The van der Waals surface area contributed by atoms with Crippen molar-refractivity contribution >= 4 is 29.1 Å². The maximum Gasteiger partial charge on any atom is 0.161 e. The van der Waals surface area contributed by atoms with E-state index >= 15 is 0 Å².